The van der Waals surface area contributed by atoms with Gasteiger partial charge in [-0.05, 0) is 17.7 Å². The lowest BCUT2D eigenvalue weighted by Gasteiger charge is -2.32. The van der Waals surface area contributed by atoms with Crippen molar-refractivity contribution in [3.63, 3.8) is 0 Å². The number of nitrogens with one attached hydrogen (secondary N) is 2. The van der Waals surface area contributed by atoms with E-state index in [2.05, 4.69) is 15.8 Å². The zero-order valence-corrected chi connectivity index (χ0v) is 11.9. The van der Waals surface area contributed by atoms with Crippen molar-refractivity contribution in [1.82, 2.24) is 10.7 Å². The first-order valence-electron chi connectivity index (χ1n) is 7.00. The molecule has 3 aliphatic rings. The Bertz CT molecular complexity index is 845. The zero-order valence-electron chi connectivity index (χ0n) is 11.9. The highest BCUT2D eigenvalue weighted by atomic mass is 16.2. The fraction of sp³-hybridized carbons (Fsp3) is 0.118. The molecule has 0 aromatic heterocycles. The van der Waals surface area contributed by atoms with Crippen LogP contribution in [0.15, 0.2) is 59.0 Å². The number of hydrogen-bond donors (Lipinski definition) is 2. The zero-order chi connectivity index (χ0) is 15.3. The number of nitrogens with zero attached hydrogens (tertiary/aromatic N) is 1. The lowest BCUT2D eigenvalue weighted by atomic mass is 9.68. The smallest absolute Gasteiger partial charge is 0.221 e. The summed E-state index contributed by atoms with van der Waals surface area (Å²) in [6.07, 6.45) is 7.20. The molecule has 0 bridgehead atoms. The monoisotopic (exact) mass is 291 g/mol. The van der Waals surface area contributed by atoms with Crippen LogP contribution in [0.4, 0.5) is 0 Å². The van der Waals surface area contributed by atoms with E-state index in [1.54, 1.807) is 12.2 Å². The molecule has 108 valence electrons. The van der Waals surface area contributed by atoms with Crippen molar-refractivity contribution in [3.05, 3.63) is 65.0 Å². The van der Waals surface area contributed by atoms with Crippen LogP contribution in [0, 0.1) is 5.41 Å². The Kier molecular flexibility index (Phi) is 2.48. The van der Waals surface area contributed by atoms with Crippen molar-refractivity contribution in [3.8, 4) is 0 Å². The van der Waals surface area contributed by atoms with Crippen molar-refractivity contribution in [1.29, 1.82) is 0 Å². The van der Waals surface area contributed by atoms with Crippen LogP contribution in [0.3, 0.4) is 0 Å². The normalized spacial score (nSPS) is 24.2. The number of carbonyl (C=O) groups excluding carboxylic acids is 2. The van der Waals surface area contributed by atoms with Gasteiger partial charge in [0.1, 0.15) is 5.41 Å². The van der Waals surface area contributed by atoms with Gasteiger partial charge in [-0.1, -0.05) is 36.4 Å². The first-order chi connectivity index (χ1) is 10.6. The van der Waals surface area contributed by atoms with Crippen LogP contribution >= 0.6 is 0 Å². The molecule has 0 radical (unpaired) electrons. The molecular formula is C17H13N3O2. The molecular weight excluding hydrogens is 278 g/mol. The summed E-state index contributed by atoms with van der Waals surface area (Å²) in [5.41, 5.74) is 5.64. The van der Waals surface area contributed by atoms with E-state index in [1.807, 2.05) is 36.4 Å². The summed E-state index contributed by atoms with van der Waals surface area (Å²) in [7, 11) is 0. The quantitative estimate of drug-likeness (QED) is 0.823. The first-order valence-corrected chi connectivity index (χ1v) is 7.00. The van der Waals surface area contributed by atoms with Gasteiger partial charge in [0.15, 0.2) is 0 Å². The molecule has 4 rings (SSSR count). The molecule has 1 spiro atoms. The standard InChI is InChI=1S/C17H13N3O2/c1-10(21)18-13-6-7-14-17(16(13)22)9-8-11-4-2-3-5-12(11)15(17)20-19-14/h2-9,19H,1H3,(H,18,21). The van der Waals surface area contributed by atoms with Gasteiger partial charge in [0.05, 0.1) is 17.1 Å². The van der Waals surface area contributed by atoms with Gasteiger partial charge >= 0.3 is 0 Å². The molecule has 1 aromatic rings. The second kappa shape index (κ2) is 4.27. The van der Waals surface area contributed by atoms with Gasteiger partial charge in [0, 0.05) is 12.5 Å². The van der Waals surface area contributed by atoms with E-state index in [9.17, 15) is 9.59 Å². The Morgan fingerprint density at radius 2 is 2.09 bits per heavy atom. The van der Waals surface area contributed by atoms with Gasteiger partial charge < -0.3 is 5.32 Å². The van der Waals surface area contributed by atoms with Gasteiger partial charge in [-0.2, -0.15) is 5.10 Å². The lowest BCUT2D eigenvalue weighted by Crippen LogP contribution is -2.45. The molecule has 0 saturated heterocycles. The molecule has 0 saturated carbocycles. The van der Waals surface area contributed by atoms with E-state index >= 15 is 0 Å². The van der Waals surface area contributed by atoms with Crippen LogP contribution in [0.5, 0.6) is 0 Å². The molecule has 22 heavy (non-hydrogen) atoms. The first kappa shape index (κ1) is 12.8. The molecule has 2 aliphatic carbocycles. The van der Waals surface area contributed by atoms with E-state index < -0.39 is 5.41 Å². The van der Waals surface area contributed by atoms with Gasteiger partial charge in [-0.25, -0.2) is 0 Å². The number of Topliss-reactive ketones (excluding diaryl/α,β-unsaturated/α-hetero) is 1. The van der Waals surface area contributed by atoms with E-state index in [4.69, 9.17) is 0 Å². The third kappa shape index (κ3) is 1.50. The largest absolute Gasteiger partial charge is 0.323 e. The minimum Gasteiger partial charge on any atom is -0.323 e. The maximum Gasteiger partial charge on any atom is 0.221 e. The second-order valence-electron chi connectivity index (χ2n) is 5.47. The molecule has 1 amide bonds. The van der Waals surface area contributed by atoms with Gasteiger partial charge in [0.2, 0.25) is 11.7 Å². The molecule has 1 heterocycles. The van der Waals surface area contributed by atoms with Crippen LogP contribution in [-0.4, -0.2) is 17.4 Å². The van der Waals surface area contributed by atoms with Crippen molar-refractivity contribution >= 4 is 23.5 Å². The Balaban J connectivity index is 1.88. The van der Waals surface area contributed by atoms with Crippen LogP contribution in [0.25, 0.3) is 6.08 Å². The number of carbonyl (C=O) groups is 2. The number of ketones is 1. The second-order valence-corrected chi connectivity index (χ2v) is 5.47. The van der Waals surface area contributed by atoms with E-state index in [-0.39, 0.29) is 17.4 Å². The number of fused-ring (bicyclic) bond motifs is 2. The SMILES string of the molecule is CC(=O)NC1=CC=C2NN=C3c4ccccc4C=CC23C1=O. The van der Waals surface area contributed by atoms with E-state index in [1.165, 1.54) is 6.92 Å². The maximum absolute atomic E-state index is 13.0. The molecule has 5 nitrogen and oxygen atoms in total. The predicted octanol–water partition coefficient (Wildman–Crippen LogP) is 1.49. The highest BCUT2D eigenvalue weighted by molar-refractivity contribution is 6.29. The number of allylic oxidation sites excluding steroid dienone is 4. The summed E-state index contributed by atoms with van der Waals surface area (Å²) in [5, 5.41) is 6.99. The fourth-order valence-electron chi connectivity index (χ4n) is 3.15. The van der Waals surface area contributed by atoms with Crippen LogP contribution < -0.4 is 10.7 Å². The maximum atomic E-state index is 13.0. The molecule has 1 unspecified atom stereocenters. The molecule has 5 heteroatoms. The van der Waals surface area contributed by atoms with Crippen LogP contribution in [0.1, 0.15) is 18.1 Å². The van der Waals surface area contributed by atoms with Crippen molar-refractivity contribution < 1.29 is 9.59 Å². The van der Waals surface area contributed by atoms with Crippen LogP contribution in [0.2, 0.25) is 0 Å². The number of hydrogen-bond acceptors (Lipinski definition) is 4. The van der Waals surface area contributed by atoms with Crippen molar-refractivity contribution in [2.24, 2.45) is 10.5 Å². The average Bonchev–Trinajstić information content (AvgIpc) is 2.91. The average molecular weight is 291 g/mol. The summed E-state index contributed by atoms with van der Waals surface area (Å²) in [5.74, 6) is -0.438. The summed E-state index contributed by atoms with van der Waals surface area (Å²) in [6, 6.07) is 7.81. The molecule has 1 atom stereocenters. The lowest BCUT2D eigenvalue weighted by molar-refractivity contribution is -0.123. The molecule has 0 fully saturated rings. The Morgan fingerprint density at radius 1 is 1.27 bits per heavy atom. The number of rotatable bonds is 1. The van der Waals surface area contributed by atoms with Crippen molar-refractivity contribution in [2.75, 3.05) is 0 Å². The van der Waals surface area contributed by atoms with Crippen molar-refractivity contribution in [2.45, 2.75) is 6.92 Å². The number of amides is 1. The summed E-state index contributed by atoms with van der Waals surface area (Å²) < 4.78 is 0. The van der Waals surface area contributed by atoms with Gasteiger partial charge in [-0.15, -0.1) is 0 Å². The minimum atomic E-state index is -0.957. The Labute approximate surface area is 127 Å². The third-order valence-electron chi connectivity index (χ3n) is 4.15. The van der Waals surface area contributed by atoms with E-state index in [0.29, 0.717) is 11.4 Å². The highest BCUT2D eigenvalue weighted by Gasteiger charge is 2.52. The minimum absolute atomic E-state index is 0.172. The summed E-state index contributed by atoms with van der Waals surface area (Å²) in [6.45, 7) is 1.39. The predicted molar refractivity (Wildman–Crippen MR) is 82.6 cm³/mol. The fourth-order valence-corrected chi connectivity index (χ4v) is 3.15. The Morgan fingerprint density at radius 3 is 2.91 bits per heavy atom. The Hall–Kier alpha value is -2.95. The molecule has 1 aliphatic heterocycles. The topological polar surface area (TPSA) is 70.6 Å². The third-order valence-corrected chi connectivity index (χ3v) is 4.15. The van der Waals surface area contributed by atoms with E-state index in [0.717, 1.165) is 11.1 Å². The molecule has 2 N–H and O–H groups in total. The molecule has 1 aromatic carbocycles. The number of hydrazone groups is 1. The highest BCUT2D eigenvalue weighted by Crippen LogP contribution is 2.45. The summed E-state index contributed by atoms with van der Waals surface area (Å²) in [4.78, 5) is 24.3. The summed E-state index contributed by atoms with van der Waals surface area (Å²) >= 11 is 0. The van der Waals surface area contributed by atoms with Gasteiger partial charge in [-0.3, -0.25) is 15.0 Å². The van der Waals surface area contributed by atoms with Gasteiger partial charge in [0.25, 0.3) is 0 Å². The van der Waals surface area contributed by atoms with Crippen LogP contribution in [-0.2, 0) is 9.59 Å². The number of benzene rings is 1.